The van der Waals surface area contributed by atoms with Crippen molar-refractivity contribution in [2.45, 2.75) is 38.3 Å². The highest BCUT2D eigenvalue weighted by molar-refractivity contribution is 5.89. The topological polar surface area (TPSA) is 53.0 Å². The number of para-hydroxylation sites is 2. The van der Waals surface area contributed by atoms with Crippen molar-refractivity contribution < 1.29 is 14.6 Å². The van der Waals surface area contributed by atoms with Crippen LogP contribution in [0.1, 0.15) is 37.3 Å². The number of benzene rings is 2. The van der Waals surface area contributed by atoms with Crippen LogP contribution in [0.3, 0.4) is 0 Å². The highest BCUT2D eigenvalue weighted by Gasteiger charge is 2.36. The van der Waals surface area contributed by atoms with Gasteiger partial charge in [-0.15, -0.1) is 0 Å². The molecule has 2 aliphatic rings. The molecule has 1 amide bonds. The fourth-order valence-electron chi connectivity index (χ4n) is 4.58. The molecule has 1 unspecified atom stereocenters. The van der Waals surface area contributed by atoms with Crippen LogP contribution in [0.2, 0.25) is 0 Å². The number of aliphatic hydroxyl groups excluding tert-OH is 1. The molecule has 0 aromatic heterocycles. The van der Waals surface area contributed by atoms with Gasteiger partial charge in [-0.1, -0.05) is 50.2 Å². The Hall–Kier alpha value is -2.37. The third-order valence-corrected chi connectivity index (χ3v) is 6.20. The molecule has 0 bridgehead atoms. The number of fused-ring (bicyclic) bond motifs is 2. The van der Waals surface area contributed by atoms with E-state index >= 15 is 0 Å². The van der Waals surface area contributed by atoms with E-state index in [9.17, 15) is 9.90 Å². The Kier molecular flexibility index (Phi) is 5.61. The standard InChI is InChI=1S/C24H30N2O3/c1-16(2)20(26-13-12-17(27)14-26)15-25(3)24(28)23-18-8-4-6-10-21(18)29-22-11-7-5-9-19(22)23/h4-11,16-17,20,23,27H,12-15H2,1-3H3/t17-,20?/m0/s1. The van der Waals surface area contributed by atoms with Gasteiger partial charge in [0.2, 0.25) is 5.91 Å². The Balaban J connectivity index is 1.60. The first kappa shape index (κ1) is 19.9. The Morgan fingerprint density at radius 2 is 1.72 bits per heavy atom. The fraction of sp³-hybridized carbons (Fsp3) is 0.458. The number of hydrogen-bond acceptors (Lipinski definition) is 4. The second kappa shape index (κ2) is 8.17. The lowest BCUT2D eigenvalue weighted by Crippen LogP contribution is -2.48. The molecule has 154 valence electrons. The summed E-state index contributed by atoms with van der Waals surface area (Å²) in [7, 11) is 1.89. The molecule has 0 saturated carbocycles. The quantitative estimate of drug-likeness (QED) is 0.844. The minimum atomic E-state index is -0.363. The van der Waals surface area contributed by atoms with Crippen LogP contribution in [-0.2, 0) is 4.79 Å². The van der Waals surface area contributed by atoms with Crippen molar-refractivity contribution in [1.82, 2.24) is 9.80 Å². The van der Waals surface area contributed by atoms with Gasteiger partial charge in [0.05, 0.1) is 12.0 Å². The Morgan fingerprint density at radius 1 is 1.14 bits per heavy atom. The molecule has 2 aromatic rings. The lowest BCUT2D eigenvalue weighted by Gasteiger charge is -2.36. The molecule has 0 aliphatic carbocycles. The highest BCUT2D eigenvalue weighted by Crippen LogP contribution is 2.44. The molecule has 0 spiro atoms. The second-order valence-electron chi connectivity index (χ2n) is 8.58. The van der Waals surface area contributed by atoms with Crippen LogP contribution in [-0.4, -0.2) is 59.6 Å². The molecule has 2 aliphatic heterocycles. The van der Waals surface area contributed by atoms with E-state index in [0.29, 0.717) is 19.0 Å². The number of likely N-dealkylation sites (tertiary alicyclic amines) is 1. The van der Waals surface area contributed by atoms with Gasteiger partial charge in [0.15, 0.2) is 0 Å². The van der Waals surface area contributed by atoms with Crippen molar-refractivity contribution in [3.05, 3.63) is 59.7 Å². The number of carbonyl (C=O) groups is 1. The smallest absolute Gasteiger partial charge is 0.234 e. The van der Waals surface area contributed by atoms with Gasteiger partial charge in [0, 0.05) is 43.9 Å². The largest absolute Gasteiger partial charge is 0.457 e. The maximum absolute atomic E-state index is 13.7. The number of likely N-dealkylation sites (N-methyl/N-ethyl adjacent to an activating group) is 1. The third kappa shape index (κ3) is 3.89. The lowest BCUT2D eigenvalue weighted by molar-refractivity contribution is -0.131. The first-order chi connectivity index (χ1) is 14.0. The van der Waals surface area contributed by atoms with Gasteiger partial charge in [-0.05, 0) is 24.5 Å². The molecular weight excluding hydrogens is 364 g/mol. The van der Waals surface area contributed by atoms with E-state index in [2.05, 4.69) is 18.7 Å². The number of nitrogens with zero attached hydrogens (tertiary/aromatic N) is 2. The zero-order valence-corrected chi connectivity index (χ0v) is 17.4. The lowest BCUT2D eigenvalue weighted by atomic mass is 9.86. The van der Waals surface area contributed by atoms with Crippen LogP contribution < -0.4 is 4.74 Å². The van der Waals surface area contributed by atoms with Gasteiger partial charge < -0.3 is 14.7 Å². The van der Waals surface area contributed by atoms with Crippen LogP contribution in [0.15, 0.2) is 48.5 Å². The third-order valence-electron chi connectivity index (χ3n) is 6.20. The summed E-state index contributed by atoms with van der Waals surface area (Å²) in [4.78, 5) is 17.8. The number of amides is 1. The number of aliphatic hydroxyl groups is 1. The van der Waals surface area contributed by atoms with Gasteiger partial charge in [0.25, 0.3) is 0 Å². The molecule has 2 atom stereocenters. The summed E-state index contributed by atoms with van der Waals surface area (Å²) in [5, 5.41) is 9.96. The second-order valence-corrected chi connectivity index (χ2v) is 8.58. The van der Waals surface area contributed by atoms with Crippen molar-refractivity contribution in [3.8, 4) is 11.5 Å². The van der Waals surface area contributed by atoms with E-state index in [-0.39, 0.29) is 24.0 Å². The van der Waals surface area contributed by atoms with Gasteiger partial charge in [-0.2, -0.15) is 0 Å². The number of β-amino-alcohol motifs (C(OH)–C–C–N with tert-alkyl or cyclic N) is 1. The molecular formula is C24H30N2O3. The predicted octanol–water partition coefficient (Wildman–Crippen LogP) is 3.47. The van der Waals surface area contributed by atoms with Gasteiger partial charge in [-0.3, -0.25) is 9.69 Å². The van der Waals surface area contributed by atoms with Crippen LogP contribution in [0.4, 0.5) is 0 Å². The summed E-state index contributed by atoms with van der Waals surface area (Å²) >= 11 is 0. The van der Waals surface area contributed by atoms with Crippen LogP contribution in [0.25, 0.3) is 0 Å². The predicted molar refractivity (Wildman–Crippen MR) is 113 cm³/mol. The molecule has 4 rings (SSSR count). The van der Waals surface area contributed by atoms with Crippen LogP contribution in [0, 0.1) is 5.92 Å². The zero-order chi connectivity index (χ0) is 20.5. The fourth-order valence-corrected chi connectivity index (χ4v) is 4.58. The number of hydrogen-bond donors (Lipinski definition) is 1. The van der Waals surface area contributed by atoms with E-state index in [1.54, 1.807) is 0 Å². The van der Waals surface area contributed by atoms with Crippen molar-refractivity contribution in [1.29, 1.82) is 0 Å². The maximum Gasteiger partial charge on any atom is 0.234 e. The van der Waals surface area contributed by atoms with Gasteiger partial charge in [-0.25, -0.2) is 0 Å². The van der Waals surface area contributed by atoms with Crippen molar-refractivity contribution in [3.63, 3.8) is 0 Å². The zero-order valence-electron chi connectivity index (χ0n) is 17.4. The van der Waals surface area contributed by atoms with Gasteiger partial charge in [0.1, 0.15) is 11.5 Å². The van der Waals surface area contributed by atoms with E-state index in [1.807, 2.05) is 60.5 Å². The van der Waals surface area contributed by atoms with Crippen LogP contribution >= 0.6 is 0 Å². The highest BCUT2D eigenvalue weighted by atomic mass is 16.5. The summed E-state index contributed by atoms with van der Waals surface area (Å²) in [6.45, 7) is 6.59. The van der Waals surface area contributed by atoms with Crippen molar-refractivity contribution in [2.24, 2.45) is 5.92 Å². The average Bonchev–Trinajstić information content (AvgIpc) is 3.15. The first-order valence-corrected chi connectivity index (χ1v) is 10.5. The first-order valence-electron chi connectivity index (χ1n) is 10.5. The van der Waals surface area contributed by atoms with Crippen molar-refractivity contribution >= 4 is 5.91 Å². The van der Waals surface area contributed by atoms with E-state index in [1.165, 1.54) is 0 Å². The normalized spacial score (nSPS) is 20.1. The SMILES string of the molecule is CC(C)C(CN(C)C(=O)C1c2ccccc2Oc2ccccc21)N1CC[C@H](O)C1. The monoisotopic (exact) mass is 394 g/mol. The number of ether oxygens (including phenoxy) is 1. The van der Waals surface area contributed by atoms with E-state index in [0.717, 1.165) is 35.6 Å². The van der Waals surface area contributed by atoms with E-state index < -0.39 is 0 Å². The summed E-state index contributed by atoms with van der Waals surface area (Å²) in [5.41, 5.74) is 1.83. The number of rotatable bonds is 5. The molecule has 2 heterocycles. The summed E-state index contributed by atoms with van der Waals surface area (Å²) in [5.74, 6) is 1.61. The Morgan fingerprint density at radius 3 is 2.24 bits per heavy atom. The molecule has 29 heavy (non-hydrogen) atoms. The molecule has 5 nitrogen and oxygen atoms in total. The Bertz CT molecular complexity index is 836. The molecule has 1 saturated heterocycles. The Labute approximate surface area is 172 Å². The minimum absolute atomic E-state index is 0.0820. The molecule has 1 fully saturated rings. The molecule has 5 heteroatoms. The van der Waals surface area contributed by atoms with Gasteiger partial charge >= 0.3 is 0 Å². The summed E-state index contributed by atoms with van der Waals surface area (Å²) in [6, 6.07) is 15.8. The summed E-state index contributed by atoms with van der Waals surface area (Å²) < 4.78 is 6.04. The van der Waals surface area contributed by atoms with E-state index in [4.69, 9.17) is 4.74 Å². The molecule has 0 radical (unpaired) electrons. The molecule has 1 N–H and O–H groups in total. The van der Waals surface area contributed by atoms with Crippen molar-refractivity contribution in [2.75, 3.05) is 26.7 Å². The average molecular weight is 395 g/mol. The molecule has 2 aromatic carbocycles. The number of carbonyl (C=O) groups excluding carboxylic acids is 1. The summed E-state index contributed by atoms with van der Waals surface area (Å²) in [6.07, 6.45) is 0.549. The minimum Gasteiger partial charge on any atom is -0.457 e. The van der Waals surface area contributed by atoms with Crippen LogP contribution in [0.5, 0.6) is 11.5 Å². The maximum atomic E-state index is 13.7.